The first-order valence-electron chi connectivity index (χ1n) is 9.45. The monoisotopic (exact) mass is 435 g/mol. The van der Waals surface area contributed by atoms with Crippen molar-refractivity contribution in [2.75, 3.05) is 18.7 Å². The number of nitrogens with one attached hydrogen (secondary N) is 1. The molecule has 0 saturated heterocycles. The lowest BCUT2D eigenvalue weighted by Gasteiger charge is -2.10. The van der Waals surface area contributed by atoms with Crippen LogP contribution < -0.4 is 25.3 Å². The number of ether oxygens (including phenoxy) is 3. The van der Waals surface area contributed by atoms with E-state index in [0.717, 1.165) is 27.1 Å². The van der Waals surface area contributed by atoms with Crippen molar-refractivity contribution < 1.29 is 19.0 Å². The smallest absolute Gasteiger partial charge is 0.267 e. The highest BCUT2D eigenvalue weighted by molar-refractivity contribution is 7.17. The van der Waals surface area contributed by atoms with Crippen LogP contribution in [0.3, 0.4) is 0 Å². The highest BCUT2D eigenvalue weighted by Gasteiger charge is 2.16. The minimum absolute atomic E-state index is 0.225. The number of carbonyl (C=O) groups is 1. The van der Waals surface area contributed by atoms with Crippen molar-refractivity contribution in [1.82, 2.24) is 15.2 Å². The Balaban J connectivity index is 1.30. The van der Waals surface area contributed by atoms with Gasteiger partial charge in [-0.1, -0.05) is 0 Å². The van der Waals surface area contributed by atoms with Gasteiger partial charge in [-0.15, -0.1) is 21.5 Å². The number of benzene rings is 1. The second-order valence-electron chi connectivity index (χ2n) is 6.72. The number of primary amides is 1. The number of hydrogen-bond acceptors (Lipinski definition) is 9. The fraction of sp³-hybridized carbons (Fsp3) is 0.143. The Morgan fingerprint density at radius 1 is 1.16 bits per heavy atom. The molecule has 1 amide bonds. The summed E-state index contributed by atoms with van der Waals surface area (Å²) < 4.78 is 17.5. The van der Waals surface area contributed by atoms with E-state index in [1.165, 1.54) is 11.3 Å². The zero-order valence-corrected chi connectivity index (χ0v) is 17.0. The van der Waals surface area contributed by atoms with Gasteiger partial charge in [-0.3, -0.25) is 9.78 Å². The number of fused-ring (bicyclic) bond motifs is 2. The minimum Gasteiger partial charge on any atom is -0.475 e. The summed E-state index contributed by atoms with van der Waals surface area (Å²) in [5, 5.41) is 14.7. The quantitative estimate of drug-likeness (QED) is 0.454. The summed E-state index contributed by atoms with van der Waals surface area (Å²) in [5.74, 6) is 1.95. The molecule has 10 heteroatoms. The summed E-state index contributed by atoms with van der Waals surface area (Å²) in [7, 11) is 0. The van der Waals surface area contributed by atoms with Gasteiger partial charge in [-0.25, -0.2) is 0 Å². The predicted molar refractivity (Wildman–Crippen MR) is 115 cm³/mol. The Hall–Kier alpha value is -3.92. The van der Waals surface area contributed by atoms with Crippen molar-refractivity contribution in [2.24, 2.45) is 5.73 Å². The SMILES string of the molecule is NC(=O)c1cc(CCOc2nnc(Nc3ccc4c(c3)OCO4)c3ccsc23)ccn1. The lowest BCUT2D eigenvalue weighted by molar-refractivity contribution is 0.0995. The third-order valence-electron chi connectivity index (χ3n) is 4.70. The Morgan fingerprint density at radius 3 is 2.97 bits per heavy atom. The molecular formula is C21H17N5O4S. The van der Waals surface area contributed by atoms with E-state index in [2.05, 4.69) is 20.5 Å². The van der Waals surface area contributed by atoms with Crippen molar-refractivity contribution in [2.45, 2.75) is 6.42 Å². The number of nitrogens with two attached hydrogens (primary N) is 1. The average molecular weight is 435 g/mol. The molecule has 31 heavy (non-hydrogen) atoms. The average Bonchev–Trinajstić information content (AvgIpc) is 3.45. The number of anilines is 2. The molecule has 1 aromatic carbocycles. The second-order valence-corrected chi connectivity index (χ2v) is 7.64. The van der Waals surface area contributed by atoms with Gasteiger partial charge in [0.25, 0.3) is 11.8 Å². The van der Waals surface area contributed by atoms with Gasteiger partial charge >= 0.3 is 0 Å². The maximum absolute atomic E-state index is 11.3. The third-order valence-corrected chi connectivity index (χ3v) is 5.60. The fourth-order valence-corrected chi connectivity index (χ4v) is 4.02. The van der Waals surface area contributed by atoms with Crippen molar-refractivity contribution in [3.05, 3.63) is 59.2 Å². The molecule has 0 spiro atoms. The van der Waals surface area contributed by atoms with Gasteiger partial charge in [-0.2, -0.15) is 0 Å². The van der Waals surface area contributed by atoms with Crippen LogP contribution in [-0.2, 0) is 6.42 Å². The number of thiophene rings is 1. The Labute approximate surface area is 180 Å². The highest BCUT2D eigenvalue weighted by Crippen LogP contribution is 2.37. The number of hydrogen-bond donors (Lipinski definition) is 2. The van der Waals surface area contributed by atoms with E-state index in [-0.39, 0.29) is 12.5 Å². The van der Waals surface area contributed by atoms with Gasteiger partial charge in [0, 0.05) is 29.8 Å². The van der Waals surface area contributed by atoms with E-state index in [0.29, 0.717) is 30.5 Å². The normalized spacial score (nSPS) is 12.1. The van der Waals surface area contributed by atoms with Crippen LogP contribution in [0.5, 0.6) is 17.4 Å². The molecule has 0 saturated carbocycles. The first kappa shape index (κ1) is 19.1. The first-order chi connectivity index (χ1) is 15.2. The van der Waals surface area contributed by atoms with Crippen LogP contribution in [0.4, 0.5) is 11.5 Å². The second kappa shape index (κ2) is 8.07. The van der Waals surface area contributed by atoms with Gasteiger partial charge < -0.3 is 25.3 Å². The number of carbonyl (C=O) groups excluding carboxylic acids is 1. The lowest BCUT2D eigenvalue weighted by Crippen LogP contribution is -2.13. The maximum atomic E-state index is 11.3. The van der Waals surface area contributed by atoms with Gasteiger partial charge in [-0.05, 0) is 41.3 Å². The van der Waals surface area contributed by atoms with Gasteiger partial charge in [0.15, 0.2) is 17.3 Å². The molecule has 1 aliphatic rings. The third kappa shape index (κ3) is 3.92. The highest BCUT2D eigenvalue weighted by atomic mass is 32.1. The van der Waals surface area contributed by atoms with Crippen LogP contribution in [-0.4, -0.2) is 34.5 Å². The van der Waals surface area contributed by atoms with Crippen LogP contribution in [0.1, 0.15) is 16.1 Å². The predicted octanol–water partition coefficient (Wildman–Crippen LogP) is 3.28. The standard InChI is InChI=1S/C21H17N5O4S/c22-19(27)15-9-12(3-6-23-15)4-7-28-21-18-14(5-8-31-18)20(25-26-21)24-13-1-2-16-17(10-13)30-11-29-16/h1-3,5-6,8-10H,4,7,11H2,(H2,22,27)(H,24,25). The van der Waals surface area contributed by atoms with Gasteiger partial charge in [0.05, 0.1) is 6.61 Å². The molecule has 4 heterocycles. The largest absolute Gasteiger partial charge is 0.475 e. The van der Waals surface area contributed by atoms with Crippen LogP contribution in [0, 0.1) is 0 Å². The Bertz CT molecular complexity index is 1280. The van der Waals surface area contributed by atoms with Crippen molar-refractivity contribution in [1.29, 1.82) is 0 Å². The topological polar surface area (TPSA) is 121 Å². The minimum atomic E-state index is -0.556. The van der Waals surface area contributed by atoms with E-state index >= 15 is 0 Å². The Morgan fingerprint density at radius 2 is 2.06 bits per heavy atom. The van der Waals surface area contributed by atoms with Crippen LogP contribution >= 0.6 is 11.3 Å². The van der Waals surface area contributed by atoms with Crippen molar-refractivity contribution in [3.8, 4) is 17.4 Å². The first-order valence-corrected chi connectivity index (χ1v) is 10.3. The van der Waals surface area contributed by atoms with Gasteiger partial charge in [0.2, 0.25) is 6.79 Å². The molecule has 156 valence electrons. The summed E-state index contributed by atoms with van der Waals surface area (Å²) in [6.07, 6.45) is 2.14. The van der Waals surface area contributed by atoms with Crippen LogP contribution in [0.15, 0.2) is 48.0 Å². The molecular weight excluding hydrogens is 418 g/mol. The molecule has 1 aliphatic heterocycles. The summed E-state index contributed by atoms with van der Waals surface area (Å²) >= 11 is 1.53. The molecule has 0 bridgehead atoms. The van der Waals surface area contributed by atoms with Crippen LogP contribution in [0.25, 0.3) is 10.1 Å². The molecule has 9 nitrogen and oxygen atoms in total. The Kier molecular flexibility index (Phi) is 4.97. The number of rotatable bonds is 7. The molecule has 3 aromatic heterocycles. The summed E-state index contributed by atoms with van der Waals surface area (Å²) in [6.45, 7) is 0.599. The van der Waals surface area contributed by atoms with E-state index in [1.54, 1.807) is 12.3 Å². The van der Waals surface area contributed by atoms with E-state index in [4.69, 9.17) is 19.9 Å². The number of aromatic nitrogens is 3. The van der Waals surface area contributed by atoms with E-state index < -0.39 is 5.91 Å². The molecule has 0 radical (unpaired) electrons. The zero-order chi connectivity index (χ0) is 21.2. The molecule has 0 fully saturated rings. The van der Waals surface area contributed by atoms with E-state index in [9.17, 15) is 4.79 Å². The number of pyridine rings is 1. The zero-order valence-electron chi connectivity index (χ0n) is 16.2. The molecule has 3 N–H and O–H groups in total. The molecule has 4 aromatic rings. The fourth-order valence-electron chi connectivity index (χ4n) is 3.18. The van der Waals surface area contributed by atoms with Crippen molar-refractivity contribution >= 4 is 38.8 Å². The molecule has 0 aliphatic carbocycles. The number of amides is 1. The summed E-state index contributed by atoms with van der Waals surface area (Å²) in [6, 6.07) is 11.1. The van der Waals surface area contributed by atoms with E-state index in [1.807, 2.05) is 35.7 Å². The van der Waals surface area contributed by atoms with Gasteiger partial charge in [0.1, 0.15) is 10.4 Å². The molecule has 0 unspecified atom stereocenters. The summed E-state index contributed by atoms with van der Waals surface area (Å²) in [5.41, 5.74) is 7.24. The molecule has 5 rings (SSSR count). The lowest BCUT2D eigenvalue weighted by atomic mass is 10.2. The maximum Gasteiger partial charge on any atom is 0.267 e. The van der Waals surface area contributed by atoms with Crippen LogP contribution in [0.2, 0.25) is 0 Å². The number of nitrogens with zero attached hydrogens (tertiary/aromatic N) is 3. The molecule has 0 atom stereocenters. The van der Waals surface area contributed by atoms with Crippen molar-refractivity contribution in [3.63, 3.8) is 0 Å². The summed E-state index contributed by atoms with van der Waals surface area (Å²) in [4.78, 5) is 15.2.